The molecule has 3 atom stereocenters. The molecule has 2 rings (SSSR count). The maximum Gasteiger partial charge on any atom is 0.00920 e. The fraction of sp³-hybridized carbons (Fsp3) is 1.00. The first-order valence-electron chi connectivity index (χ1n) is 3.84. The maximum absolute atomic E-state index is 5.89. The molecule has 3 unspecified atom stereocenters. The van der Waals surface area contributed by atoms with Crippen molar-refractivity contribution >= 4 is 24.8 Å². The van der Waals surface area contributed by atoms with E-state index in [4.69, 9.17) is 5.73 Å². The van der Waals surface area contributed by atoms with Gasteiger partial charge in [-0.25, -0.2) is 0 Å². The second kappa shape index (κ2) is 4.51. The van der Waals surface area contributed by atoms with Crippen LogP contribution in [0.2, 0.25) is 0 Å². The van der Waals surface area contributed by atoms with Crippen molar-refractivity contribution in [3.05, 3.63) is 0 Å². The molecular formula is C7H16Cl2N2. The van der Waals surface area contributed by atoms with E-state index in [1.165, 1.54) is 32.5 Å². The smallest absolute Gasteiger partial charge is 0.00920 e. The topological polar surface area (TPSA) is 29.3 Å². The van der Waals surface area contributed by atoms with Gasteiger partial charge in [0.1, 0.15) is 0 Å². The fourth-order valence-corrected chi connectivity index (χ4v) is 1.98. The molecule has 0 spiro atoms. The quantitative estimate of drug-likeness (QED) is 0.627. The van der Waals surface area contributed by atoms with Gasteiger partial charge in [-0.15, -0.1) is 24.8 Å². The van der Waals surface area contributed by atoms with Gasteiger partial charge in [-0.3, -0.25) is 0 Å². The zero-order chi connectivity index (χ0) is 6.27. The average molecular weight is 199 g/mol. The van der Waals surface area contributed by atoms with Crippen LogP contribution in [-0.2, 0) is 0 Å². The number of rotatable bonds is 0. The summed E-state index contributed by atoms with van der Waals surface area (Å²) >= 11 is 0. The van der Waals surface area contributed by atoms with Crippen LogP contribution >= 0.6 is 24.8 Å². The molecular weight excluding hydrogens is 183 g/mol. The van der Waals surface area contributed by atoms with Gasteiger partial charge in [0.15, 0.2) is 0 Å². The average Bonchev–Trinajstić information content (AvgIpc) is 2.25. The molecule has 0 saturated carbocycles. The largest absolute Gasteiger partial charge is 0.327 e. The molecule has 2 saturated heterocycles. The SMILES string of the molecule is Cl.Cl.NC1CCN2CCC1C2. The zero-order valence-corrected chi connectivity index (χ0v) is 8.16. The summed E-state index contributed by atoms with van der Waals surface area (Å²) in [5.74, 6) is 0.832. The first-order chi connectivity index (χ1) is 4.36. The van der Waals surface area contributed by atoms with Crippen LogP contribution in [0.5, 0.6) is 0 Å². The molecule has 2 aliphatic heterocycles. The first kappa shape index (κ1) is 11.5. The minimum absolute atomic E-state index is 0. The second-order valence-electron chi connectivity index (χ2n) is 3.30. The lowest BCUT2D eigenvalue weighted by Gasteiger charge is -2.27. The number of nitrogens with two attached hydrogens (primary N) is 1. The molecule has 11 heavy (non-hydrogen) atoms. The van der Waals surface area contributed by atoms with Crippen LogP contribution in [0.15, 0.2) is 0 Å². The molecule has 2 fully saturated rings. The van der Waals surface area contributed by atoms with Gasteiger partial charge < -0.3 is 10.6 Å². The number of hydrogen-bond donors (Lipinski definition) is 1. The van der Waals surface area contributed by atoms with Crippen molar-refractivity contribution in [1.29, 1.82) is 0 Å². The van der Waals surface area contributed by atoms with Gasteiger partial charge in [0, 0.05) is 12.6 Å². The van der Waals surface area contributed by atoms with E-state index in [1.54, 1.807) is 0 Å². The summed E-state index contributed by atoms with van der Waals surface area (Å²) in [4.78, 5) is 2.52. The second-order valence-corrected chi connectivity index (χ2v) is 3.30. The lowest BCUT2D eigenvalue weighted by molar-refractivity contribution is 0.246. The zero-order valence-electron chi connectivity index (χ0n) is 6.53. The van der Waals surface area contributed by atoms with Crippen molar-refractivity contribution in [3.8, 4) is 0 Å². The summed E-state index contributed by atoms with van der Waals surface area (Å²) in [6.07, 6.45) is 2.58. The van der Waals surface area contributed by atoms with E-state index >= 15 is 0 Å². The Hall–Kier alpha value is 0.500. The van der Waals surface area contributed by atoms with Crippen molar-refractivity contribution in [3.63, 3.8) is 0 Å². The fourth-order valence-electron chi connectivity index (χ4n) is 1.98. The van der Waals surface area contributed by atoms with Crippen molar-refractivity contribution in [2.75, 3.05) is 19.6 Å². The molecule has 0 radical (unpaired) electrons. The Morgan fingerprint density at radius 2 is 1.73 bits per heavy atom. The first-order valence-corrected chi connectivity index (χ1v) is 3.84. The molecule has 68 valence electrons. The highest BCUT2D eigenvalue weighted by Gasteiger charge is 2.31. The molecule has 2 nitrogen and oxygen atoms in total. The highest BCUT2D eigenvalue weighted by Crippen LogP contribution is 2.25. The summed E-state index contributed by atoms with van der Waals surface area (Å²) in [6.45, 7) is 3.83. The van der Waals surface area contributed by atoms with Crippen LogP contribution in [-0.4, -0.2) is 30.6 Å². The molecule has 2 N–H and O–H groups in total. The van der Waals surface area contributed by atoms with E-state index in [0.29, 0.717) is 6.04 Å². The van der Waals surface area contributed by atoms with Gasteiger partial charge in [0.25, 0.3) is 0 Å². The third kappa shape index (κ3) is 2.22. The standard InChI is InChI=1S/C7H14N2.2ClH/c8-7-2-4-9-3-1-6(7)5-9;;/h6-7H,1-5,8H2;2*1H. The van der Waals surface area contributed by atoms with Crippen molar-refractivity contribution in [2.24, 2.45) is 11.7 Å². The van der Waals surface area contributed by atoms with Gasteiger partial charge in [0.05, 0.1) is 0 Å². The van der Waals surface area contributed by atoms with E-state index < -0.39 is 0 Å². The van der Waals surface area contributed by atoms with Crippen LogP contribution < -0.4 is 5.73 Å². The molecule has 0 aromatic heterocycles. The monoisotopic (exact) mass is 198 g/mol. The van der Waals surface area contributed by atoms with E-state index in [9.17, 15) is 0 Å². The maximum atomic E-state index is 5.89. The highest BCUT2D eigenvalue weighted by atomic mass is 35.5. The number of fused-ring (bicyclic) bond motifs is 2. The van der Waals surface area contributed by atoms with Crippen molar-refractivity contribution < 1.29 is 0 Å². The van der Waals surface area contributed by atoms with Gasteiger partial charge in [-0.05, 0) is 31.8 Å². The van der Waals surface area contributed by atoms with Gasteiger partial charge in [-0.2, -0.15) is 0 Å². The number of halogens is 2. The third-order valence-corrected chi connectivity index (χ3v) is 2.69. The Morgan fingerprint density at radius 1 is 1.09 bits per heavy atom. The van der Waals surface area contributed by atoms with Crippen molar-refractivity contribution in [1.82, 2.24) is 4.90 Å². The van der Waals surface area contributed by atoms with Crippen molar-refractivity contribution in [2.45, 2.75) is 18.9 Å². The molecule has 0 aromatic rings. The normalized spacial score (nSPS) is 40.6. The molecule has 0 aromatic carbocycles. The molecule has 2 heterocycles. The summed E-state index contributed by atoms with van der Waals surface area (Å²) < 4.78 is 0. The van der Waals surface area contributed by atoms with Crippen LogP contribution in [0.4, 0.5) is 0 Å². The molecule has 2 bridgehead atoms. The van der Waals surface area contributed by atoms with Crippen LogP contribution in [0.3, 0.4) is 0 Å². The Kier molecular flexibility index (Phi) is 4.71. The molecule has 2 aliphatic rings. The minimum atomic E-state index is 0. The van der Waals surface area contributed by atoms with E-state index in [2.05, 4.69) is 4.90 Å². The van der Waals surface area contributed by atoms with Crippen LogP contribution in [0.25, 0.3) is 0 Å². The molecule has 4 heteroatoms. The lowest BCUT2D eigenvalue weighted by Crippen LogP contribution is -2.40. The predicted octanol–water partition coefficient (Wildman–Crippen LogP) is 0.883. The van der Waals surface area contributed by atoms with E-state index in [-0.39, 0.29) is 24.8 Å². The predicted molar refractivity (Wildman–Crippen MR) is 51.6 cm³/mol. The molecule has 0 amide bonds. The molecule has 0 aliphatic carbocycles. The minimum Gasteiger partial charge on any atom is -0.327 e. The lowest BCUT2D eigenvalue weighted by atomic mass is 9.95. The number of nitrogens with zero attached hydrogens (tertiary/aromatic N) is 1. The Labute approximate surface area is 80.3 Å². The van der Waals surface area contributed by atoms with E-state index in [0.717, 1.165) is 5.92 Å². The Morgan fingerprint density at radius 3 is 2.36 bits per heavy atom. The summed E-state index contributed by atoms with van der Waals surface area (Å²) in [5, 5.41) is 0. The summed E-state index contributed by atoms with van der Waals surface area (Å²) in [6, 6.07) is 0.517. The summed E-state index contributed by atoms with van der Waals surface area (Å²) in [5.41, 5.74) is 5.89. The van der Waals surface area contributed by atoms with E-state index in [1.807, 2.05) is 0 Å². The van der Waals surface area contributed by atoms with Gasteiger partial charge >= 0.3 is 0 Å². The number of hydrogen-bond acceptors (Lipinski definition) is 2. The Bertz CT molecular complexity index is 121. The number of piperidine rings is 1. The van der Waals surface area contributed by atoms with Crippen LogP contribution in [0, 0.1) is 5.92 Å². The van der Waals surface area contributed by atoms with Crippen LogP contribution in [0.1, 0.15) is 12.8 Å². The van der Waals surface area contributed by atoms with Gasteiger partial charge in [-0.1, -0.05) is 0 Å². The van der Waals surface area contributed by atoms with Gasteiger partial charge in [0.2, 0.25) is 0 Å². The summed E-state index contributed by atoms with van der Waals surface area (Å²) in [7, 11) is 0. The Balaban J connectivity index is 0.000000500. The third-order valence-electron chi connectivity index (χ3n) is 2.69. The highest BCUT2D eigenvalue weighted by molar-refractivity contribution is 5.85.